The zero-order valence-corrected chi connectivity index (χ0v) is 11.4. The second kappa shape index (κ2) is 5.87. The first-order chi connectivity index (χ1) is 9.52. The standard InChI is InChI=1S/C13H17N3O4/c1-8-5-6-14-12(8)13(17)15-9-3-4-11(20-2)10(7-9)16(18)19/h3-4,7-8,12,14H,5-6H2,1-2H3,(H,15,17). The minimum atomic E-state index is -0.537. The quantitative estimate of drug-likeness (QED) is 0.644. The highest BCUT2D eigenvalue weighted by Gasteiger charge is 2.29. The van der Waals surface area contributed by atoms with E-state index in [1.807, 2.05) is 6.92 Å². The van der Waals surface area contributed by atoms with Crippen LogP contribution in [-0.4, -0.2) is 30.5 Å². The lowest BCUT2D eigenvalue weighted by molar-refractivity contribution is -0.385. The molecule has 0 aliphatic carbocycles. The molecule has 7 nitrogen and oxygen atoms in total. The van der Waals surface area contributed by atoms with E-state index in [2.05, 4.69) is 10.6 Å². The van der Waals surface area contributed by atoms with Crippen LogP contribution in [0.4, 0.5) is 11.4 Å². The largest absolute Gasteiger partial charge is 0.490 e. The topological polar surface area (TPSA) is 93.5 Å². The van der Waals surface area contributed by atoms with Gasteiger partial charge in [-0.3, -0.25) is 14.9 Å². The van der Waals surface area contributed by atoms with Crippen molar-refractivity contribution in [2.24, 2.45) is 5.92 Å². The molecule has 1 aliphatic rings. The Morgan fingerprint density at radius 3 is 2.85 bits per heavy atom. The van der Waals surface area contributed by atoms with Gasteiger partial charge in [0.2, 0.25) is 5.91 Å². The number of methoxy groups -OCH3 is 1. The zero-order chi connectivity index (χ0) is 14.7. The second-order valence-electron chi connectivity index (χ2n) is 4.83. The number of carbonyl (C=O) groups excluding carboxylic acids is 1. The molecule has 1 aromatic rings. The van der Waals surface area contributed by atoms with Crippen LogP contribution < -0.4 is 15.4 Å². The van der Waals surface area contributed by atoms with E-state index < -0.39 is 4.92 Å². The van der Waals surface area contributed by atoms with Gasteiger partial charge in [0, 0.05) is 11.8 Å². The molecular formula is C13H17N3O4. The molecule has 1 aliphatic heterocycles. The molecule has 1 aromatic carbocycles. The third-order valence-electron chi connectivity index (χ3n) is 3.46. The number of hydrogen-bond acceptors (Lipinski definition) is 5. The van der Waals surface area contributed by atoms with Gasteiger partial charge < -0.3 is 15.4 Å². The third kappa shape index (κ3) is 2.88. The molecular weight excluding hydrogens is 262 g/mol. The Morgan fingerprint density at radius 1 is 1.55 bits per heavy atom. The summed E-state index contributed by atoms with van der Waals surface area (Å²) in [7, 11) is 1.37. The molecule has 1 heterocycles. The van der Waals surface area contributed by atoms with Crippen molar-refractivity contribution >= 4 is 17.3 Å². The van der Waals surface area contributed by atoms with Crippen LogP contribution in [0.2, 0.25) is 0 Å². The SMILES string of the molecule is COc1ccc(NC(=O)C2NCCC2C)cc1[N+](=O)[O-]. The average molecular weight is 279 g/mol. The molecule has 108 valence electrons. The zero-order valence-electron chi connectivity index (χ0n) is 11.4. The Labute approximate surface area is 116 Å². The van der Waals surface area contributed by atoms with Crippen molar-refractivity contribution in [2.45, 2.75) is 19.4 Å². The van der Waals surface area contributed by atoms with Gasteiger partial charge in [0.25, 0.3) is 0 Å². The van der Waals surface area contributed by atoms with Gasteiger partial charge >= 0.3 is 5.69 Å². The molecule has 2 atom stereocenters. The molecule has 20 heavy (non-hydrogen) atoms. The van der Waals surface area contributed by atoms with E-state index in [0.717, 1.165) is 13.0 Å². The van der Waals surface area contributed by atoms with Gasteiger partial charge in [-0.25, -0.2) is 0 Å². The highest BCUT2D eigenvalue weighted by atomic mass is 16.6. The van der Waals surface area contributed by atoms with Gasteiger partial charge in [-0.15, -0.1) is 0 Å². The van der Waals surface area contributed by atoms with Crippen LogP contribution in [0.25, 0.3) is 0 Å². The minimum Gasteiger partial charge on any atom is -0.490 e. The lowest BCUT2D eigenvalue weighted by Crippen LogP contribution is -2.39. The fourth-order valence-corrected chi connectivity index (χ4v) is 2.32. The molecule has 7 heteroatoms. The van der Waals surface area contributed by atoms with Crippen molar-refractivity contribution in [1.82, 2.24) is 5.32 Å². The third-order valence-corrected chi connectivity index (χ3v) is 3.46. The molecule has 0 radical (unpaired) electrons. The Bertz CT molecular complexity index is 532. The van der Waals surface area contributed by atoms with E-state index in [0.29, 0.717) is 5.69 Å². The summed E-state index contributed by atoms with van der Waals surface area (Å²) >= 11 is 0. The average Bonchev–Trinajstić information content (AvgIpc) is 2.85. The Hall–Kier alpha value is -2.15. The normalized spacial score (nSPS) is 21.5. The predicted octanol–water partition coefficient (Wildman–Crippen LogP) is 1.54. The molecule has 0 saturated carbocycles. The summed E-state index contributed by atoms with van der Waals surface area (Å²) in [5.41, 5.74) is 0.223. The van der Waals surface area contributed by atoms with Crippen LogP contribution in [0.3, 0.4) is 0 Å². The number of rotatable bonds is 4. The molecule has 2 N–H and O–H groups in total. The van der Waals surface area contributed by atoms with Gasteiger partial charge in [-0.1, -0.05) is 6.92 Å². The molecule has 1 saturated heterocycles. The van der Waals surface area contributed by atoms with Crippen molar-refractivity contribution in [3.63, 3.8) is 0 Å². The van der Waals surface area contributed by atoms with Crippen LogP contribution in [0.15, 0.2) is 18.2 Å². The van der Waals surface area contributed by atoms with Gasteiger partial charge in [0.15, 0.2) is 5.75 Å². The summed E-state index contributed by atoms with van der Waals surface area (Å²) in [4.78, 5) is 22.5. The number of nitrogens with one attached hydrogen (secondary N) is 2. The molecule has 1 amide bonds. The first-order valence-electron chi connectivity index (χ1n) is 6.39. The smallest absolute Gasteiger partial charge is 0.312 e. The van der Waals surface area contributed by atoms with Crippen molar-refractivity contribution in [2.75, 3.05) is 19.0 Å². The summed E-state index contributed by atoms with van der Waals surface area (Å²) in [6.45, 7) is 2.81. The van der Waals surface area contributed by atoms with E-state index in [-0.39, 0.29) is 29.3 Å². The number of nitrogens with zero attached hydrogens (tertiary/aromatic N) is 1. The van der Waals surface area contributed by atoms with Gasteiger partial charge in [0.1, 0.15) is 0 Å². The van der Waals surface area contributed by atoms with Gasteiger partial charge in [-0.05, 0) is 31.0 Å². The Morgan fingerprint density at radius 2 is 2.30 bits per heavy atom. The fourth-order valence-electron chi connectivity index (χ4n) is 2.32. The number of nitro benzene ring substituents is 1. The summed E-state index contributed by atoms with van der Waals surface area (Å²) in [5.74, 6) is 0.248. The number of hydrogen-bond donors (Lipinski definition) is 2. The number of ether oxygens (including phenoxy) is 1. The maximum Gasteiger partial charge on any atom is 0.312 e. The van der Waals surface area contributed by atoms with Gasteiger partial charge in [-0.2, -0.15) is 0 Å². The first-order valence-corrected chi connectivity index (χ1v) is 6.39. The first kappa shape index (κ1) is 14.3. The summed E-state index contributed by atoms with van der Waals surface area (Å²) in [5, 5.41) is 16.7. The van der Waals surface area contributed by atoms with Crippen molar-refractivity contribution in [1.29, 1.82) is 0 Å². The molecule has 0 spiro atoms. The van der Waals surface area contributed by atoms with Crippen LogP contribution in [0, 0.1) is 16.0 Å². The Kier molecular flexibility index (Phi) is 4.19. The van der Waals surface area contributed by atoms with Crippen molar-refractivity contribution in [3.05, 3.63) is 28.3 Å². The number of carbonyl (C=O) groups is 1. The summed E-state index contributed by atoms with van der Waals surface area (Å²) < 4.78 is 4.92. The maximum atomic E-state index is 12.1. The molecule has 0 aromatic heterocycles. The summed E-state index contributed by atoms with van der Waals surface area (Å²) in [6.07, 6.45) is 0.945. The molecule has 0 bridgehead atoms. The number of nitro groups is 1. The van der Waals surface area contributed by atoms with Crippen LogP contribution in [0.5, 0.6) is 5.75 Å². The van der Waals surface area contributed by atoms with Crippen molar-refractivity contribution in [3.8, 4) is 5.75 Å². The highest BCUT2D eigenvalue weighted by Crippen LogP contribution is 2.30. The van der Waals surface area contributed by atoms with Crippen LogP contribution >= 0.6 is 0 Å². The van der Waals surface area contributed by atoms with E-state index >= 15 is 0 Å². The van der Waals surface area contributed by atoms with E-state index in [1.165, 1.54) is 19.2 Å². The highest BCUT2D eigenvalue weighted by molar-refractivity contribution is 5.95. The Balaban J connectivity index is 2.15. The number of benzene rings is 1. The second-order valence-corrected chi connectivity index (χ2v) is 4.83. The van der Waals surface area contributed by atoms with E-state index in [1.54, 1.807) is 6.07 Å². The van der Waals surface area contributed by atoms with Crippen LogP contribution in [0.1, 0.15) is 13.3 Å². The maximum absolute atomic E-state index is 12.1. The van der Waals surface area contributed by atoms with Crippen LogP contribution in [-0.2, 0) is 4.79 Å². The fraction of sp³-hybridized carbons (Fsp3) is 0.462. The monoisotopic (exact) mass is 279 g/mol. The van der Waals surface area contributed by atoms with Crippen molar-refractivity contribution < 1.29 is 14.5 Å². The van der Waals surface area contributed by atoms with Gasteiger partial charge in [0.05, 0.1) is 18.1 Å². The number of amides is 1. The lowest BCUT2D eigenvalue weighted by Gasteiger charge is -2.15. The lowest BCUT2D eigenvalue weighted by atomic mass is 10.0. The minimum absolute atomic E-state index is 0.167. The van der Waals surface area contributed by atoms with E-state index in [4.69, 9.17) is 4.74 Å². The predicted molar refractivity (Wildman–Crippen MR) is 73.8 cm³/mol. The summed E-state index contributed by atoms with van der Waals surface area (Å²) in [6, 6.07) is 4.11. The van der Waals surface area contributed by atoms with E-state index in [9.17, 15) is 14.9 Å². The molecule has 2 rings (SSSR count). The number of anilines is 1. The molecule has 1 fully saturated rings. The molecule has 2 unspecified atom stereocenters.